The van der Waals surface area contributed by atoms with Gasteiger partial charge in [-0.15, -0.1) is 0 Å². The highest BCUT2D eigenvalue weighted by Crippen LogP contribution is 2.23. The molecule has 6 nitrogen and oxygen atoms in total. The van der Waals surface area contributed by atoms with E-state index in [2.05, 4.69) is 10.0 Å². The van der Waals surface area contributed by atoms with Crippen molar-refractivity contribution in [2.24, 2.45) is 5.11 Å². The summed E-state index contributed by atoms with van der Waals surface area (Å²) in [6.45, 7) is 3.71. The van der Waals surface area contributed by atoms with Gasteiger partial charge in [0.25, 0.3) is 0 Å². The summed E-state index contributed by atoms with van der Waals surface area (Å²) in [5.41, 5.74) is 10.1. The molecule has 96 valence electrons. The Morgan fingerprint density at radius 1 is 1.50 bits per heavy atom. The fourth-order valence-corrected chi connectivity index (χ4v) is 1.49. The van der Waals surface area contributed by atoms with Gasteiger partial charge in [-0.05, 0) is 24.9 Å². The molecule has 0 amide bonds. The van der Waals surface area contributed by atoms with Gasteiger partial charge in [-0.2, -0.15) is 0 Å². The van der Waals surface area contributed by atoms with E-state index in [0.29, 0.717) is 5.56 Å². The minimum atomic E-state index is -1.50. The fraction of sp³-hybridized carbons (Fsp3) is 0.417. The van der Waals surface area contributed by atoms with Gasteiger partial charge < -0.3 is 9.84 Å². The van der Waals surface area contributed by atoms with E-state index in [-0.39, 0.29) is 6.61 Å². The topological polar surface area (TPSA) is 95.3 Å². The monoisotopic (exact) mass is 249 g/mol. The third-order valence-corrected chi connectivity index (χ3v) is 2.42. The smallest absolute Gasteiger partial charge is 0.335 e. The van der Waals surface area contributed by atoms with Crippen molar-refractivity contribution in [2.45, 2.75) is 26.0 Å². The van der Waals surface area contributed by atoms with E-state index in [0.717, 1.165) is 5.56 Å². The van der Waals surface area contributed by atoms with Gasteiger partial charge in [0.2, 0.25) is 0 Å². The summed E-state index contributed by atoms with van der Waals surface area (Å²) in [5.74, 6) is -0.796. The van der Waals surface area contributed by atoms with E-state index >= 15 is 0 Å². The molecule has 0 heterocycles. The van der Waals surface area contributed by atoms with Crippen LogP contribution in [0.15, 0.2) is 29.4 Å². The molecule has 2 atom stereocenters. The van der Waals surface area contributed by atoms with Gasteiger partial charge in [-0.25, -0.2) is 4.79 Å². The summed E-state index contributed by atoms with van der Waals surface area (Å²) in [5, 5.41) is 13.3. The third-order valence-electron chi connectivity index (χ3n) is 2.42. The second kappa shape index (κ2) is 6.64. The van der Waals surface area contributed by atoms with Crippen LogP contribution < -0.4 is 0 Å². The SMILES string of the molecule is CCOC(=O)C(O)C(N=[N+]=[N-])c1ccc(C)cc1. The van der Waals surface area contributed by atoms with E-state index in [9.17, 15) is 9.90 Å². The number of carbonyl (C=O) groups is 1. The molecule has 0 aliphatic rings. The van der Waals surface area contributed by atoms with Crippen LogP contribution in [0.3, 0.4) is 0 Å². The Bertz CT molecular complexity index is 452. The molecule has 0 bridgehead atoms. The van der Waals surface area contributed by atoms with Crippen molar-refractivity contribution in [3.63, 3.8) is 0 Å². The lowest BCUT2D eigenvalue weighted by molar-refractivity contribution is -0.154. The second-order valence-electron chi connectivity index (χ2n) is 3.76. The molecule has 0 aliphatic heterocycles. The third kappa shape index (κ3) is 3.48. The summed E-state index contributed by atoms with van der Waals surface area (Å²) < 4.78 is 4.70. The van der Waals surface area contributed by atoms with E-state index in [1.165, 1.54) is 0 Å². The summed E-state index contributed by atoms with van der Waals surface area (Å²) in [7, 11) is 0. The molecule has 0 saturated carbocycles. The Kier molecular flexibility index (Phi) is 5.17. The number of ether oxygens (including phenoxy) is 1. The van der Waals surface area contributed by atoms with Crippen LogP contribution in [0.5, 0.6) is 0 Å². The molecule has 1 rings (SSSR count). The van der Waals surface area contributed by atoms with Crippen molar-refractivity contribution in [1.82, 2.24) is 0 Å². The lowest BCUT2D eigenvalue weighted by Crippen LogP contribution is -2.28. The van der Waals surface area contributed by atoms with Crippen molar-refractivity contribution in [3.05, 3.63) is 45.8 Å². The Morgan fingerprint density at radius 3 is 2.61 bits per heavy atom. The van der Waals surface area contributed by atoms with Gasteiger partial charge in [-0.1, -0.05) is 34.9 Å². The van der Waals surface area contributed by atoms with Gasteiger partial charge in [-0.3, -0.25) is 0 Å². The van der Waals surface area contributed by atoms with Crippen LogP contribution in [-0.2, 0) is 9.53 Å². The van der Waals surface area contributed by atoms with Gasteiger partial charge >= 0.3 is 5.97 Å². The van der Waals surface area contributed by atoms with Crippen LogP contribution >= 0.6 is 0 Å². The molecule has 0 saturated heterocycles. The molecule has 0 aromatic heterocycles. The normalized spacial score (nSPS) is 13.3. The Hall–Kier alpha value is -2.04. The van der Waals surface area contributed by atoms with E-state index in [4.69, 9.17) is 10.3 Å². The molecule has 0 spiro atoms. The summed E-state index contributed by atoms with van der Waals surface area (Å²) in [6, 6.07) is 6.06. The van der Waals surface area contributed by atoms with E-state index in [1.54, 1.807) is 19.1 Å². The van der Waals surface area contributed by atoms with Crippen LogP contribution in [0.25, 0.3) is 10.4 Å². The first kappa shape index (κ1) is 14.0. The first-order chi connectivity index (χ1) is 8.60. The van der Waals surface area contributed by atoms with Crippen LogP contribution in [-0.4, -0.2) is 23.8 Å². The van der Waals surface area contributed by atoms with Crippen molar-refractivity contribution in [1.29, 1.82) is 0 Å². The molecule has 6 heteroatoms. The number of hydrogen-bond acceptors (Lipinski definition) is 4. The predicted octanol–water partition coefficient (Wildman–Crippen LogP) is 2.27. The van der Waals surface area contributed by atoms with Crippen LogP contribution in [0.2, 0.25) is 0 Å². The van der Waals surface area contributed by atoms with Crippen molar-refractivity contribution < 1.29 is 14.6 Å². The number of rotatable bonds is 5. The second-order valence-corrected chi connectivity index (χ2v) is 3.76. The maximum atomic E-state index is 11.4. The average Bonchev–Trinajstić information content (AvgIpc) is 2.37. The minimum Gasteiger partial charge on any atom is -0.464 e. The number of aliphatic hydroxyl groups excluding tert-OH is 1. The average molecular weight is 249 g/mol. The Balaban J connectivity index is 2.98. The number of carbonyl (C=O) groups excluding carboxylic acids is 1. The predicted molar refractivity (Wildman–Crippen MR) is 65.7 cm³/mol. The van der Waals surface area contributed by atoms with Gasteiger partial charge in [0, 0.05) is 4.91 Å². The molecule has 1 N–H and O–H groups in total. The zero-order chi connectivity index (χ0) is 13.5. The van der Waals surface area contributed by atoms with Gasteiger partial charge in [0.15, 0.2) is 6.10 Å². The molecular weight excluding hydrogens is 234 g/mol. The molecular formula is C12H15N3O3. The summed E-state index contributed by atoms with van der Waals surface area (Å²) >= 11 is 0. The lowest BCUT2D eigenvalue weighted by Gasteiger charge is -2.17. The fourth-order valence-electron chi connectivity index (χ4n) is 1.49. The highest BCUT2D eigenvalue weighted by Gasteiger charge is 2.27. The largest absolute Gasteiger partial charge is 0.464 e. The molecule has 1 aromatic carbocycles. The van der Waals surface area contributed by atoms with Crippen molar-refractivity contribution in [3.8, 4) is 0 Å². The molecule has 0 aliphatic carbocycles. The zero-order valence-electron chi connectivity index (χ0n) is 10.3. The van der Waals surface area contributed by atoms with Crippen molar-refractivity contribution >= 4 is 5.97 Å². The molecule has 1 aromatic rings. The molecule has 2 unspecified atom stereocenters. The van der Waals surface area contributed by atoms with E-state index in [1.807, 2.05) is 19.1 Å². The zero-order valence-corrected chi connectivity index (χ0v) is 10.3. The number of hydrogen-bond donors (Lipinski definition) is 1. The quantitative estimate of drug-likeness (QED) is 0.375. The summed E-state index contributed by atoms with van der Waals surface area (Å²) in [6.07, 6.45) is -1.50. The Morgan fingerprint density at radius 2 is 2.11 bits per heavy atom. The number of nitrogens with zero attached hydrogens (tertiary/aromatic N) is 3. The standard InChI is InChI=1S/C12H15N3O3/c1-3-18-12(17)11(16)10(14-15-13)9-6-4-8(2)5-7-9/h4-7,10-11,16H,3H2,1-2H3. The highest BCUT2D eigenvalue weighted by molar-refractivity contribution is 5.75. The van der Waals surface area contributed by atoms with Gasteiger partial charge in [0.1, 0.15) is 0 Å². The van der Waals surface area contributed by atoms with Crippen LogP contribution in [0.1, 0.15) is 24.1 Å². The van der Waals surface area contributed by atoms with Crippen LogP contribution in [0.4, 0.5) is 0 Å². The Labute approximate surface area is 105 Å². The number of esters is 1. The first-order valence-electron chi connectivity index (χ1n) is 5.55. The number of azide groups is 1. The van der Waals surface area contributed by atoms with Crippen LogP contribution in [0, 0.1) is 6.92 Å². The maximum Gasteiger partial charge on any atom is 0.335 e. The lowest BCUT2D eigenvalue weighted by atomic mass is 10.0. The summed E-state index contributed by atoms with van der Waals surface area (Å²) in [4.78, 5) is 14.1. The maximum absolute atomic E-state index is 11.4. The minimum absolute atomic E-state index is 0.160. The molecule has 0 radical (unpaired) electrons. The number of aryl methyl sites for hydroxylation is 1. The van der Waals surface area contributed by atoms with E-state index < -0.39 is 18.1 Å². The molecule has 18 heavy (non-hydrogen) atoms. The number of aliphatic hydroxyl groups is 1. The highest BCUT2D eigenvalue weighted by atomic mass is 16.5. The number of benzene rings is 1. The van der Waals surface area contributed by atoms with Gasteiger partial charge in [0.05, 0.1) is 12.6 Å². The van der Waals surface area contributed by atoms with Crippen molar-refractivity contribution in [2.75, 3.05) is 6.61 Å². The molecule has 0 fully saturated rings. The first-order valence-corrected chi connectivity index (χ1v) is 5.55.